The molecule has 4 aromatic rings. The van der Waals surface area contributed by atoms with Crippen molar-refractivity contribution in [1.29, 1.82) is 0 Å². The second-order valence-corrected chi connectivity index (χ2v) is 6.24. The molecule has 7 heteroatoms. The molecule has 0 N–H and O–H groups in total. The number of rotatable bonds is 4. The molecular formula is C20H17N3O4. The van der Waals surface area contributed by atoms with E-state index in [-0.39, 0.29) is 6.61 Å². The van der Waals surface area contributed by atoms with Crippen LogP contribution in [0.3, 0.4) is 0 Å². The summed E-state index contributed by atoms with van der Waals surface area (Å²) in [7, 11) is 0. The van der Waals surface area contributed by atoms with Crippen LogP contribution in [0.5, 0.6) is 0 Å². The zero-order valence-electron chi connectivity index (χ0n) is 14.9. The third-order valence-electron chi connectivity index (χ3n) is 4.47. The highest BCUT2D eigenvalue weighted by atomic mass is 16.5. The molecule has 1 aromatic carbocycles. The van der Waals surface area contributed by atoms with Crippen molar-refractivity contribution in [2.24, 2.45) is 0 Å². The molecule has 3 aromatic heterocycles. The van der Waals surface area contributed by atoms with E-state index in [1.54, 1.807) is 29.7 Å². The second kappa shape index (κ2) is 6.68. The fourth-order valence-corrected chi connectivity index (χ4v) is 2.97. The van der Waals surface area contributed by atoms with E-state index in [4.69, 9.17) is 9.15 Å². The van der Waals surface area contributed by atoms with Crippen LogP contribution >= 0.6 is 0 Å². The van der Waals surface area contributed by atoms with Gasteiger partial charge in [-0.3, -0.25) is 4.40 Å². The normalized spacial score (nSPS) is 11.2. The summed E-state index contributed by atoms with van der Waals surface area (Å²) in [5.41, 5.74) is 2.74. The number of nitrogens with zero attached hydrogens (tertiary/aromatic N) is 3. The smallest absolute Gasteiger partial charge is 0.339 e. The number of hydrogen-bond donors (Lipinski definition) is 0. The number of aryl methyl sites for hydroxylation is 2. The molecule has 0 saturated carbocycles. The summed E-state index contributed by atoms with van der Waals surface area (Å²) < 4.78 is 12.4. The van der Waals surface area contributed by atoms with E-state index in [1.165, 1.54) is 6.07 Å². The first-order valence-corrected chi connectivity index (χ1v) is 8.59. The number of benzene rings is 1. The van der Waals surface area contributed by atoms with Gasteiger partial charge in [-0.25, -0.2) is 9.59 Å². The van der Waals surface area contributed by atoms with E-state index < -0.39 is 11.6 Å². The molecule has 0 aliphatic heterocycles. The van der Waals surface area contributed by atoms with E-state index in [0.29, 0.717) is 28.2 Å². The van der Waals surface area contributed by atoms with Crippen LogP contribution < -0.4 is 5.63 Å². The standard InChI is InChI=1S/C20H17N3O4/c1-3-13-4-6-16-15(9-19(24)27-17(16)8-13)11-26-20(25)14-5-7-18-22-21-12(2)23(18)10-14/h4-10H,3,11H2,1-2H3. The second-order valence-electron chi connectivity index (χ2n) is 6.24. The van der Waals surface area contributed by atoms with Gasteiger partial charge >= 0.3 is 11.6 Å². The first-order chi connectivity index (χ1) is 13.0. The molecule has 0 radical (unpaired) electrons. The maximum absolute atomic E-state index is 12.4. The summed E-state index contributed by atoms with van der Waals surface area (Å²) in [6, 6.07) is 10.4. The third-order valence-corrected chi connectivity index (χ3v) is 4.47. The largest absolute Gasteiger partial charge is 0.457 e. The fourth-order valence-electron chi connectivity index (χ4n) is 2.97. The molecule has 0 bridgehead atoms. The highest BCUT2D eigenvalue weighted by Crippen LogP contribution is 2.20. The first kappa shape index (κ1) is 17.0. The minimum Gasteiger partial charge on any atom is -0.457 e. The Bertz CT molecular complexity index is 1220. The zero-order chi connectivity index (χ0) is 19.0. The number of carbonyl (C=O) groups excluding carboxylic acids is 1. The van der Waals surface area contributed by atoms with Crippen molar-refractivity contribution in [3.8, 4) is 0 Å². The molecule has 0 unspecified atom stereocenters. The Hall–Kier alpha value is -3.48. The van der Waals surface area contributed by atoms with Crippen LogP contribution in [-0.2, 0) is 17.8 Å². The average Bonchev–Trinajstić information content (AvgIpc) is 3.05. The minimum atomic E-state index is -0.489. The Labute approximate surface area is 154 Å². The van der Waals surface area contributed by atoms with Crippen molar-refractivity contribution < 1.29 is 13.9 Å². The predicted molar refractivity (Wildman–Crippen MR) is 98.7 cm³/mol. The van der Waals surface area contributed by atoms with Gasteiger partial charge in [0.15, 0.2) is 5.65 Å². The number of carbonyl (C=O) groups is 1. The topological polar surface area (TPSA) is 86.7 Å². The minimum absolute atomic E-state index is 0.0222. The number of hydrogen-bond acceptors (Lipinski definition) is 6. The first-order valence-electron chi connectivity index (χ1n) is 8.59. The van der Waals surface area contributed by atoms with E-state index in [2.05, 4.69) is 10.2 Å². The van der Waals surface area contributed by atoms with Gasteiger partial charge in [-0.05, 0) is 37.1 Å². The average molecular weight is 363 g/mol. The Morgan fingerprint density at radius 1 is 1.19 bits per heavy atom. The van der Waals surface area contributed by atoms with Gasteiger partial charge in [-0.1, -0.05) is 19.1 Å². The van der Waals surface area contributed by atoms with Gasteiger partial charge in [0.2, 0.25) is 0 Å². The lowest BCUT2D eigenvalue weighted by Gasteiger charge is -2.08. The molecule has 0 spiro atoms. The van der Waals surface area contributed by atoms with Crippen LogP contribution in [0.4, 0.5) is 0 Å². The maximum atomic E-state index is 12.4. The molecular weight excluding hydrogens is 346 g/mol. The SMILES string of the molecule is CCc1ccc2c(COC(=O)c3ccc4nnc(C)n4c3)cc(=O)oc2c1. The van der Waals surface area contributed by atoms with Gasteiger partial charge in [0.05, 0.1) is 5.56 Å². The molecule has 0 aliphatic rings. The lowest BCUT2D eigenvalue weighted by atomic mass is 10.1. The van der Waals surface area contributed by atoms with Crippen molar-refractivity contribution in [2.75, 3.05) is 0 Å². The monoisotopic (exact) mass is 363 g/mol. The fraction of sp³-hybridized carbons (Fsp3) is 0.200. The van der Waals surface area contributed by atoms with Gasteiger partial charge < -0.3 is 9.15 Å². The van der Waals surface area contributed by atoms with Crippen molar-refractivity contribution in [2.45, 2.75) is 26.9 Å². The summed E-state index contributed by atoms with van der Waals surface area (Å²) >= 11 is 0. The van der Waals surface area contributed by atoms with Crippen LogP contribution in [0, 0.1) is 6.92 Å². The predicted octanol–water partition coefficient (Wildman–Crippen LogP) is 3.06. The van der Waals surface area contributed by atoms with Gasteiger partial charge in [-0.2, -0.15) is 0 Å². The van der Waals surface area contributed by atoms with Crippen LogP contribution in [0.15, 0.2) is 51.8 Å². The summed E-state index contributed by atoms with van der Waals surface area (Å²) in [5.74, 6) is 0.189. The summed E-state index contributed by atoms with van der Waals surface area (Å²) in [6.45, 7) is 3.81. The molecule has 136 valence electrons. The van der Waals surface area contributed by atoms with Crippen LogP contribution in [-0.4, -0.2) is 20.6 Å². The van der Waals surface area contributed by atoms with Gasteiger partial charge in [-0.15, -0.1) is 10.2 Å². The molecule has 0 fully saturated rings. The molecule has 27 heavy (non-hydrogen) atoms. The van der Waals surface area contributed by atoms with E-state index >= 15 is 0 Å². The lowest BCUT2D eigenvalue weighted by molar-refractivity contribution is 0.0473. The molecule has 7 nitrogen and oxygen atoms in total. The van der Waals surface area contributed by atoms with E-state index in [0.717, 1.165) is 17.4 Å². The highest BCUT2D eigenvalue weighted by Gasteiger charge is 2.13. The van der Waals surface area contributed by atoms with Crippen molar-refractivity contribution in [1.82, 2.24) is 14.6 Å². The number of ether oxygens (including phenoxy) is 1. The third kappa shape index (κ3) is 3.19. The quantitative estimate of drug-likeness (QED) is 0.409. The molecule has 3 heterocycles. The Morgan fingerprint density at radius 3 is 2.85 bits per heavy atom. The van der Waals surface area contributed by atoms with E-state index in [1.807, 2.05) is 25.1 Å². The number of pyridine rings is 1. The Morgan fingerprint density at radius 2 is 2.04 bits per heavy atom. The summed E-state index contributed by atoms with van der Waals surface area (Å²) in [5, 5.41) is 8.70. The molecule has 0 aliphatic carbocycles. The number of aromatic nitrogens is 3. The van der Waals surface area contributed by atoms with Gasteiger partial charge in [0.1, 0.15) is 18.0 Å². The van der Waals surface area contributed by atoms with Crippen LogP contribution in [0.1, 0.15) is 34.2 Å². The maximum Gasteiger partial charge on any atom is 0.339 e. The molecule has 4 rings (SSSR count). The number of esters is 1. The van der Waals surface area contributed by atoms with Gasteiger partial charge in [0.25, 0.3) is 0 Å². The van der Waals surface area contributed by atoms with Crippen LogP contribution in [0.25, 0.3) is 16.6 Å². The molecule has 0 amide bonds. The van der Waals surface area contributed by atoms with E-state index in [9.17, 15) is 9.59 Å². The lowest BCUT2D eigenvalue weighted by Crippen LogP contribution is -2.09. The zero-order valence-corrected chi connectivity index (χ0v) is 14.9. The van der Waals surface area contributed by atoms with Crippen molar-refractivity contribution in [3.05, 3.63) is 75.5 Å². The summed E-state index contributed by atoms with van der Waals surface area (Å²) in [6.07, 6.45) is 2.47. The molecule has 0 saturated heterocycles. The Kier molecular flexibility index (Phi) is 4.19. The van der Waals surface area contributed by atoms with Crippen molar-refractivity contribution >= 4 is 22.6 Å². The summed E-state index contributed by atoms with van der Waals surface area (Å²) in [4.78, 5) is 24.3. The van der Waals surface area contributed by atoms with Crippen molar-refractivity contribution in [3.63, 3.8) is 0 Å². The van der Waals surface area contributed by atoms with Crippen LogP contribution in [0.2, 0.25) is 0 Å². The number of fused-ring (bicyclic) bond motifs is 2. The highest BCUT2D eigenvalue weighted by molar-refractivity contribution is 5.89. The Balaban J connectivity index is 1.61. The van der Waals surface area contributed by atoms with Gasteiger partial charge in [0, 0.05) is 23.2 Å². The molecule has 0 atom stereocenters.